The first-order valence-corrected chi connectivity index (χ1v) is 10.3. The molecule has 27 heavy (non-hydrogen) atoms. The molecule has 0 aromatic heterocycles. The molecule has 1 aromatic carbocycles. The van der Waals surface area contributed by atoms with Gasteiger partial charge in [0.25, 0.3) is 0 Å². The van der Waals surface area contributed by atoms with Gasteiger partial charge in [0.15, 0.2) is 0 Å². The minimum absolute atomic E-state index is 0.0240. The number of anilines is 2. The monoisotopic (exact) mass is 370 g/mol. The molecule has 1 atom stereocenters. The van der Waals surface area contributed by atoms with Crippen molar-refractivity contribution in [1.29, 1.82) is 0 Å². The van der Waals surface area contributed by atoms with Gasteiger partial charge in [0, 0.05) is 25.6 Å². The van der Waals surface area contributed by atoms with Crippen molar-refractivity contribution in [2.75, 3.05) is 36.8 Å². The molecule has 3 aliphatic rings. The zero-order valence-electron chi connectivity index (χ0n) is 16.2. The number of likely N-dealkylation sites (tertiary alicyclic amines) is 2. The Kier molecular flexibility index (Phi) is 5.08. The fraction of sp³-hybridized carbons (Fsp3) is 0.619. The summed E-state index contributed by atoms with van der Waals surface area (Å²) < 4.78 is 0. The Morgan fingerprint density at radius 2 is 1.78 bits per heavy atom. The fourth-order valence-electron chi connectivity index (χ4n) is 4.60. The van der Waals surface area contributed by atoms with E-state index in [1.54, 1.807) is 0 Å². The molecule has 6 heteroatoms. The number of piperidine rings is 1. The number of nitrogens with one attached hydrogen (secondary N) is 2. The molecule has 3 heterocycles. The Bertz CT molecular complexity index is 706. The van der Waals surface area contributed by atoms with Gasteiger partial charge in [-0.2, -0.15) is 0 Å². The van der Waals surface area contributed by atoms with E-state index in [2.05, 4.69) is 22.5 Å². The number of hydrogen-bond acceptors (Lipinski definition) is 4. The highest BCUT2D eigenvalue weighted by atomic mass is 16.2. The van der Waals surface area contributed by atoms with Crippen LogP contribution in [0, 0.1) is 0 Å². The minimum atomic E-state index is -0.589. The molecule has 1 aromatic rings. The molecule has 6 nitrogen and oxygen atoms in total. The van der Waals surface area contributed by atoms with Crippen LogP contribution in [-0.2, 0) is 9.59 Å². The standard InChI is InChI=1S/C21H30N4O2/c1-16(24-12-4-5-13-24)8-9-19(26)25-14-10-21(11-15-25)20(27)22-17-6-2-3-7-18(17)23-21/h2-3,6-7,16,23H,4-5,8-15H2,1H3,(H,22,27). The number of amides is 2. The summed E-state index contributed by atoms with van der Waals surface area (Å²) in [6, 6.07) is 8.27. The van der Waals surface area contributed by atoms with Gasteiger partial charge in [-0.25, -0.2) is 0 Å². The summed E-state index contributed by atoms with van der Waals surface area (Å²) in [5.41, 5.74) is 1.22. The van der Waals surface area contributed by atoms with Crippen molar-refractivity contribution < 1.29 is 9.59 Å². The largest absolute Gasteiger partial charge is 0.369 e. The molecule has 0 bridgehead atoms. The predicted molar refractivity (Wildman–Crippen MR) is 107 cm³/mol. The van der Waals surface area contributed by atoms with Crippen molar-refractivity contribution in [2.45, 2.75) is 57.0 Å². The zero-order valence-corrected chi connectivity index (χ0v) is 16.2. The summed E-state index contributed by atoms with van der Waals surface area (Å²) >= 11 is 0. The summed E-state index contributed by atoms with van der Waals surface area (Å²) in [6.45, 7) is 5.85. The fourth-order valence-corrected chi connectivity index (χ4v) is 4.60. The zero-order chi connectivity index (χ0) is 18.9. The van der Waals surface area contributed by atoms with Crippen LogP contribution in [0.5, 0.6) is 0 Å². The first-order valence-electron chi connectivity index (χ1n) is 10.3. The van der Waals surface area contributed by atoms with Crippen LogP contribution >= 0.6 is 0 Å². The maximum atomic E-state index is 12.7. The first kappa shape index (κ1) is 18.3. The molecule has 2 fully saturated rings. The van der Waals surface area contributed by atoms with Gasteiger partial charge in [-0.05, 0) is 64.3 Å². The smallest absolute Gasteiger partial charge is 0.250 e. The van der Waals surface area contributed by atoms with Gasteiger partial charge < -0.3 is 20.4 Å². The molecular formula is C21H30N4O2. The highest BCUT2D eigenvalue weighted by Crippen LogP contribution is 2.36. The Morgan fingerprint density at radius 3 is 2.48 bits per heavy atom. The lowest BCUT2D eigenvalue weighted by Crippen LogP contribution is -2.59. The maximum Gasteiger partial charge on any atom is 0.250 e. The summed E-state index contributed by atoms with van der Waals surface area (Å²) in [5, 5.41) is 6.48. The van der Waals surface area contributed by atoms with E-state index in [1.165, 1.54) is 25.9 Å². The molecular weight excluding hydrogens is 340 g/mol. The second kappa shape index (κ2) is 7.50. The summed E-state index contributed by atoms with van der Waals surface area (Å²) in [7, 11) is 0. The Balaban J connectivity index is 1.31. The van der Waals surface area contributed by atoms with E-state index in [-0.39, 0.29) is 11.8 Å². The SMILES string of the molecule is CC(CCC(=O)N1CCC2(CC1)Nc1ccccc1NC2=O)N1CCCC1. The van der Waals surface area contributed by atoms with E-state index in [4.69, 9.17) is 0 Å². The maximum absolute atomic E-state index is 12.7. The van der Waals surface area contributed by atoms with Crippen LogP contribution in [0.4, 0.5) is 11.4 Å². The van der Waals surface area contributed by atoms with Crippen LogP contribution in [0.2, 0.25) is 0 Å². The molecule has 146 valence electrons. The average Bonchev–Trinajstić information content (AvgIpc) is 3.22. The van der Waals surface area contributed by atoms with Crippen molar-refractivity contribution in [1.82, 2.24) is 9.80 Å². The van der Waals surface area contributed by atoms with Crippen LogP contribution < -0.4 is 10.6 Å². The van der Waals surface area contributed by atoms with E-state index >= 15 is 0 Å². The predicted octanol–water partition coefficient (Wildman–Crippen LogP) is 2.68. The normalized spacial score (nSPS) is 22.9. The molecule has 1 spiro atoms. The Morgan fingerprint density at radius 1 is 1.11 bits per heavy atom. The molecule has 2 N–H and O–H groups in total. The molecule has 3 aliphatic heterocycles. The van der Waals surface area contributed by atoms with Gasteiger partial charge in [-0.1, -0.05) is 12.1 Å². The third-order valence-corrected chi connectivity index (χ3v) is 6.49. The second-order valence-electron chi connectivity index (χ2n) is 8.22. The highest BCUT2D eigenvalue weighted by Gasteiger charge is 2.44. The van der Waals surface area contributed by atoms with Crippen molar-refractivity contribution in [2.24, 2.45) is 0 Å². The van der Waals surface area contributed by atoms with E-state index in [1.807, 2.05) is 29.2 Å². The minimum Gasteiger partial charge on any atom is -0.369 e. The molecule has 1 unspecified atom stereocenters. The first-order chi connectivity index (χ1) is 13.1. The van der Waals surface area contributed by atoms with Gasteiger partial charge in [0.05, 0.1) is 11.4 Å². The Hall–Kier alpha value is -2.08. The third-order valence-electron chi connectivity index (χ3n) is 6.49. The number of nitrogens with zero attached hydrogens (tertiary/aromatic N) is 2. The topological polar surface area (TPSA) is 64.7 Å². The lowest BCUT2D eigenvalue weighted by molar-refractivity contribution is -0.135. The molecule has 2 amide bonds. The third kappa shape index (κ3) is 3.68. The van der Waals surface area contributed by atoms with Gasteiger partial charge >= 0.3 is 0 Å². The van der Waals surface area contributed by atoms with Crippen LogP contribution in [0.15, 0.2) is 24.3 Å². The molecule has 2 saturated heterocycles. The number of carbonyl (C=O) groups excluding carboxylic acids is 2. The van der Waals surface area contributed by atoms with E-state index in [0.717, 1.165) is 17.8 Å². The summed E-state index contributed by atoms with van der Waals surface area (Å²) in [5.74, 6) is 0.253. The number of para-hydroxylation sites is 2. The number of carbonyl (C=O) groups is 2. The number of rotatable bonds is 4. The lowest BCUT2D eigenvalue weighted by Gasteiger charge is -2.44. The van der Waals surface area contributed by atoms with E-state index in [9.17, 15) is 9.59 Å². The van der Waals surface area contributed by atoms with Gasteiger partial charge in [0.2, 0.25) is 11.8 Å². The number of hydrogen-bond donors (Lipinski definition) is 2. The number of benzene rings is 1. The van der Waals surface area contributed by atoms with Crippen LogP contribution in [0.3, 0.4) is 0 Å². The van der Waals surface area contributed by atoms with Crippen molar-refractivity contribution in [3.63, 3.8) is 0 Å². The van der Waals surface area contributed by atoms with Gasteiger partial charge in [-0.15, -0.1) is 0 Å². The quantitative estimate of drug-likeness (QED) is 0.855. The average molecular weight is 370 g/mol. The van der Waals surface area contributed by atoms with Crippen molar-refractivity contribution in [3.05, 3.63) is 24.3 Å². The molecule has 0 radical (unpaired) electrons. The van der Waals surface area contributed by atoms with E-state index in [0.29, 0.717) is 38.4 Å². The highest BCUT2D eigenvalue weighted by molar-refractivity contribution is 6.06. The van der Waals surface area contributed by atoms with Crippen LogP contribution in [0.25, 0.3) is 0 Å². The molecule has 0 saturated carbocycles. The second-order valence-corrected chi connectivity index (χ2v) is 8.22. The number of fused-ring (bicyclic) bond motifs is 1. The molecule has 0 aliphatic carbocycles. The lowest BCUT2D eigenvalue weighted by atomic mass is 9.84. The van der Waals surface area contributed by atoms with E-state index < -0.39 is 5.54 Å². The Labute approximate surface area is 161 Å². The van der Waals surface area contributed by atoms with Crippen LogP contribution in [0.1, 0.15) is 45.4 Å². The summed E-state index contributed by atoms with van der Waals surface area (Å²) in [6.07, 6.45) is 5.40. The summed E-state index contributed by atoms with van der Waals surface area (Å²) in [4.78, 5) is 29.8. The van der Waals surface area contributed by atoms with Gasteiger partial charge in [-0.3, -0.25) is 9.59 Å². The molecule has 4 rings (SSSR count). The van der Waals surface area contributed by atoms with Crippen molar-refractivity contribution in [3.8, 4) is 0 Å². The van der Waals surface area contributed by atoms with Gasteiger partial charge in [0.1, 0.15) is 5.54 Å². The van der Waals surface area contributed by atoms with Crippen LogP contribution in [-0.4, -0.2) is 59.4 Å². The van der Waals surface area contributed by atoms with Crippen molar-refractivity contribution >= 4 is 23.2 Å².